The number of carbonyl (C=O) groups is 1. The highest BCUT2D eigenvalue weighted by atomic mass is 127. The first-order valence-corrected chi connectivity index (χ1v) is 8.74. The van der Waals surface area contributed by atoms with Crippen molar-refractivity contribution in [3.05, 3.63) is 0 Å². The van der Waals surface area contributed by atoms with Crippen molar-refractivity contribution >= 4 is 36.3 Å². The van der Waals surface area contributed by atoms with Crippen LogP contribution in [-0.4, -0.2) is 30.5 Å². The number of piperidine rings is 1. The Morgan fingerprint density at radius 2 is 2.20 bits per heavy atom. The molecular weight excluding hydrogens is 325 g/mol. The minimum absolute atomic E-state index is 0.299. The molecule has 0 radical (unpaired) electrons. The van der Waals surface area contributed by atoms with Crippen LogP contribution < -0.4 is 0 Å². The summed E-state index contributed by atoms with van der Waals surface area (Å²) in [6, 6.07) is 0. The monoisotopic (exact) mass is 343 g/mol. The quantitative estimate of drug-likeness (QED) is 0.437. The first-order chi connectivity index (χ1) is 7.27. The Kier molecular flexibility index (Phi) is 7.00. The lowest BCUT2D eigenvalue weighted by atomic mass is 9.94. The predicted molar refractivity (Wildman–Crippen MR) is 71.8 cm³/mol. The van der Waals surface area contributed by atoms with Crippen molar-refractivity contribution in [1.29, 1.82) is 0 Å². The van der Waals surface area contributed by atoms with E-state index in [0.29, 0.717) is 12.3 Å². The number of nitrogens with zero attached hydrogens (tertiary/aromatic N) is 1. The van der Waals surface area contributed by atoms with Gasteiger partial charge in [-0.15, -0.1) is 0 Å². The second-order valence-corrected chi connectivity index (χ2v) is 5.29. The van der Waals surface area contributed by atoms with Crippen molar-refractivity contribution < 1.29 is 8.98 Å². The Morgan fingerprint density at radius 3 is 2.73 bits per heavy atom. The fourth-order valence-electron chi connectivity index (χ4n) is 1.94. The van der Waals surface area contributed by atoms with Gasteiger partial charge in [-0.1, -0.05) is 6.92 Å². The van der Waals surface area contributed by atoms with Crippen molar-refractivity contribution in [2.75, 3.05) is 19.7 Å². The SMILES string of the molecule is CCC(=O)N1CCC(CCOSI)CC1. The molecule has 3 nitrogen and oxygen atoms in total. The molecule has 1 amide bonds. The van der Waals surface area contributed by atoms with Gasteiger partial charge in [0.05, 0.1) is 15.8 Å². The molecule has 88 valence electrons. The van der Waals surface area contributed by atoms with Crippen LogP contribution in [0.3, 0.4) is 0 Å². The maximum Gasteiger partial charge on any atom is 0.222 e. The van der Waals surface area contributed by atoms with E-state index in [1.807, 2.05) is 11.8 Å². The Bertz CT molecular complexity index is 196. The molecule has 1 heterocycles. The van der Waals surface area contributed by atoms with Crippen LogP contribution >= 0.6 is 30.4 Å². The molecular formula is C10H18INO2S. The van der Waals surface area contributed by atoms with E-state index in [-0.39, 0.29) is 0 Å². The average molecular weight is 343 g/mol. The molecule has 1 rings (SSSR count). The van der Waals surface area contributed by atoms with E-state index in [2.05, 4.69) is 21.2 Å². The molecule has 1 aliphatic rings. The number of likely N-dealkylation sites (tertiary alicyclic amines) is 1. The standard InChI is InChI=1S/C10H18INO2S/c1-2-10(13)12-6-3-9(4-7-12)5-8-14-15-11/h9H,2-8H2,1H3. The number of hydrogen-bond donors (Lipinski definition) is 0. The Morgan fingerprint density at radius 1 is 1.53 bits per heavy atom. The Hall–Kier alpha value is 0.510. The number of rotatable bonds is 5. The molecule has 0 atom stereocenters. The molecule has 0 saturated carbocycles. The summed E-state index contributed by atoms with van der Waals surface area (Å²) in [4.78, 5) is 13.4. The summed E-state index contributed by atoms with van der Waals surface area (Å²) in [5.41, 5.74) is 0. The van der Waals surface area contributed by atoms with Crippen LogP contribution in [0.1, 0.15) is 32.6 Å². The van der Waals surface area contributed by atoms with Gasteiger partial charge in [-0.25, -0.2) is 0 Å². The molecule has 5 heteroatoms. The maximum atomic E-state index is 11.4. The number of carbonyl (C=O) groups excluding carboxylic acids is 1. The topological polar surface area (TPSA) is 29.5 Å². The fourth-order valence-corrected chi connectivity index (χ4v) is 2.64. The zero-order valence-corrected chi connectivity index (χ0v) is 12.1. The molecule has 1 saturated heterocycles. The van der Waals surface area contributed by atoms with Gasteiger partial charge in [0.2, 0.25) is 5.91 Å². The predicted octanol–water partition coefficient (Wildman–Crippen LogP) is 3.04. The van der Waals surface area contributed by atoms with Crippen LogP contribution in [0.15, 0.2) is 0 Å². The van der Waals surface area contributed by atoms with E-state index in [0.717, 1.165) is 44.9 Å². The van der Waals surface area contributed by atoms with Gasteiger partial charge in [-0.2, -0.15) is 0 Å². The molecule has 0 N–H and O–H groups in total. The molecule has 0 unspecified atom stereocenters. The van der Waals surface area contributed by atoms with Crippen molar-refractivity contribution in [3.8, 4) is 0 Å². The van der Waals surface area contributed by atoms with Gasteiger partial charge < -0.3 is 9.08 Å². The van der Waals surface area contributed by atoms with E-state index < -0.39 is 0 Å². The zero-order chi connectivity index (χ0) is 11.1. The number of halogens is 1. The second-order valence-electron chi connectivity index (χ2n) is 3.85. The van der Waals surface area contributed by atoms with Crippen molar-refractivity contribution in [2.45, 2.75) is 32.6 Å². The van der Waals surface area contributed by atoms with Gasteiger partial charge in [-0.3, -0.25) is 4.79 Å². The van der Waals surface area contributed by atoms with Crippen LogP contribution in [0, 0.1) is 5.92 Å². The molecule has 1 fully saturated rings. The minimum atomic E-state index is 0.299. The smallest absolute Gasteiger partial charge is 0.222 e. The van der Waals surface area contributed by atoms with E-state index in [1.165, 1.54) is 9.21 Å². The highest BCUT2D eigenvalue weighted by molar-refractivity contribution is 14.2. The highest BCUT2D eigenvalue weighted by Gasteiger charge is 2.21. The van der Waals surface area contributed by atoms with Crippen LogP contribution in [0.4, 0.5) is 0 Å². The minimum Gasteiger partial charge on any atom is -0.343 e. The maximum absolute atomic E-state index is 11.4. The normalized spacial score (nSPS) is 18.1. The summed E-state index contributed by atoms with van der Waals surface area (Å²) < 4.78 is 5.25. The first-order valence-electron chi connectivity index (χ1n) is 5.46. The summed E-state index contributed by atoms with van der Waals surface area (Å²) in [7, 11) is 1.40. The largest absolute Gasteiger partial charge is 0.343 e. The first kappa shape index (κ1) is 13.6. The molecule has 0 aliphatic carbocycles. The Labute approximate surface area is 108 Å². The second kappa shape index (κ2) is 7.73. The molecule has 1 aliphatic heterocycles. The van der Waals surface area contributed by atoms with E-state index >= 15 is 0 Å². The van der Waals surface area contributed by atoms with Crippen LogP contribution in [-0.2, 0) is 8.98 Å². The lowest BCUT2D eigenvalue weighted by Crippen LogP contribution is -2.38. The molecule has 0 aromatic carbocycles. The third-order valence-electron chi connectivity index (χ3n) is 2.92. The zero-order valence-electron chi connectivity index (χ0n) is 9.08. The highest BCUT2D eigenvalue weighted by Crippen LogP contribution is 2.22. The third-order valence-corrected chi connectivity index (χ3v) is 3.94. The van der Waals surface area contributed by atoms with Gasteiger partial charge >= 0.3 is 0 Å². The average Bonchev–Trinajstić information content (AvgIpc) is 2.29. The molecule has 0 aromatic rings. The van der Waals surface area contributed by atoms with Gasteiger partial charge in [0.25, 0.3) is 0 Å². The molecule has 0 bridgehead atoms. The van der Waals surface area contributed by atoms with E-state index in [1.54, 1.807) is 0 Å². The summed E-state index contributed by atoms with van der Waals surface area (Å²) >= 11 is 2.14. The molecule has 15 heavy (non-hydrogen) atoms. The molecule has 0 aromatic heterocycles. The van der Waals surface area contributed by atoms with Gasteiger partial charge in [-0.05, 0) is 25.2 Å². The fraction of sp³-hybridized carbons (Fsp3) is 0.900. The van der Waals surface area contributed by atoms with Crippen LogP contribution in [0.5, 0.6) is 0 Å². The molecule has 0 spiro atoms. The lowest BCUT2D eigenvalue weighted by Gasteiger charge is -2.31. The van der Waals surface area contributed by atoms with Gasteiger partial charge in [0.15, 0.2) is 0 Å². The summed E-state index contributed by atoms with van der Waals surface area (Å²) in [6.45, 7) is 4.64. The summed E-state index contributed by atoms with van der Waals surface area (Å²) in [5.74, 6) is 1.04. The summed E-state index contributed by atoms with van der Waals surface area (Å²) in [6.07, 6.45) is 4.05. The van der Waals surface area contributed by atoms with Crippen molar-refractivity contribution in [1.82, 2.24) is 4.90 Å². The number of amides is 1. The van der Waals surface area contributed by atoms with Gasteiger partial charge in [0.1, 0.15) is 0 Å². The Balaban J connectivity index is 2.15. The summed E-state index contributed by atoms with van der Waals surface area (Å²) in [5, 5.41) is 0. The van der Waals surface area contributed by atoms with Crippen LogP contribution in [0.25, 0.3) is 0 Å². The lowest BCUT2D eigenvalue weighted by molar-refractivity contribution is -0.132. The van der Waals surface area contributed by atoms with Crippen LogP contribution in [0.2, 0.25) is 0 Å². The van der Waals surface area contributed by atoms with Crippen molar-refractivity contribution in [2.24, 2.45) is 5.92 Å². The number of hydrogen-bond acceptors (Lipinski definition) is 3. The van der Waals surface area contributed by atoms with E-state index in [4.69, 9.17) is 4.18 Å². The van der Waals surface area contributed by atoms with Gasteiger partial charge in [0, 0.05) is 40.7 Å². The third kappa shape index (κ3) is 4.91. The van der Waals surface area contributed by atoms with Crippen molar-refractivity contribution in [3.63, 3.8) is 0 Å². The van der Waals surface area contributed by atoms with E-state index in [9.17, 15) is 4.79 Å².